The Bertz CT molecular complexity index is 373. The fourth-order valence-corrected chi connectivity index (χ4v) is 2.85. The van der Waals surface area contributed by atoms with Crippen LogP contribution in [0.15, 0.2) is 0 Å². The van der Waals surface area contributed by atoms with Crippen molar-refractivity contribution in [1.29, 1.82) is 0 Å². The minimum Gasteiger partial charge on any atom is -0.550 e. The Hall–Kier alpha value is -0.265. The van der Waals surface area contributed by atoms with E-state index in [2.05, 4.69) is 6.92 Å². The first kappa shape index (κ1) is 33.4. The summed E-state index contributed by atoms with van der Waals surface area (Å²) in [6.45, 7) is 2.27. The Balaban J connectivity index is -0.000000636. The molecule has 0 saturated carbocycles. The summed E-state index contributed by atoms with van der Waals surface area (Å²) in [5.41, 5.74) is 0. The number of carboxylic acids is 3. The van der Waals surface area contributed by atoms with E-state index in [1.54, 1.807) is 0 Å². The van der Waals surface area contributed by atoms with Crippen LogP contribution in [-0.2, 0) is 14.4 Å². The van der Waals surface area contributed by atoms with Gasteiger partial charge in [-0.1, -0.05) is 96.8 Å². The van der Waals surface area contributed by atoms with E-state index < -0.39 is 17.9 Å². The Morgan fingerprint density at radius 2 is 0.828 bits per heavy atom. The molecule has 0 aromatic rings. The standard InChI is InChI=1S/C18H36O2.C4H6O4.Gd/c1-2-3-4-5-6-7-8-9-10-11-12-13-14-15-16-17-18(19)20;5-3(6)1-2-4(7)8;/h2-17H2,1H3,(H,19,20);1-2H2,(H,5,6)(H,7,8);/q;;+1/p-1. The van der Waals surface area contributed by atoms with Crippen LogP contribution in [0, 0.1) is 39.9 Å². The summed E-state index contributed by atoms with van der Waals surface area (Å²) in [4.78, 5) is 29.5. The van der Waals surface area contributed by atoms with Gasteiger partial charge >= 0.3 is 51.9 Å². The zero-order chi connectivity index (χ0) is 21.5. The first-order valence-corrected chi connectivity index (χ1v) is 11.0. The summed E-state index contributed by atoms with van der Waals surface area (Å²) < 4.78 is 0. The number of hydrogen-bond donors (Lipinski definition) is 2. The molecule has 6 nitrogen and oxygen atoms in total. The predicted molar refractivity (Wildman–Crippen MR) is 109 cm³/mol. The van der Waals surface area contributed by atoms with E-state index in [4.69, 9.17) is 10.2 Å². The van der Waals surface area contributed by atoms with E-state index in [-0.39, 0.29) is 59.2 Å². The van der Waals surface area contributed by atoms with Crippen molar-refractivity contribution in [3.8, 4) is 0 Å². The molecular formula is C22H41GdO6. The second-order valence-electron chi connectivity index (χ2n) is 7.36. The van der Waals surface area contributed by atoms with Gasteiger partial charge in [-0.15, -0.1) is 0 Å². The number of carboxylic acid groups (broad SMARTS) is 3. The Kier molecular flexibility index (Phi) is 31.9. The molecule has 0 bridgehead atoms. The third kappa shape index (κ3) is 38.9. The minimum atomic E-state index is -1.08. The van der Waals surface area contributed by atoms with E-state index in [0.29, 0.717) is 0 Å². The first-order valence-electron chi connectivity index (χ1n) is 11.0. The van der Waals surface area contributed by atoms with Crippen molar-refractivity contribution < 1.29 is 69.6 Å². The number of carbonyl (C=O) groups excluding carboxylic acids is 1. The molecule has 0 aliphatic rings. The SMILES string of the molecule is CCCCCCCCCCCCCCCCCC(=O)[O-].O=C(O)CCC(=O)O.[Gd+]. The van der Waals surface area contributed by atoms with Gasteiger partial charge in [-0.05, 0) is 12.8 Å². The van der Waals surface area contributed by atoms with Crippen LogP contribution in [-0.4, -0.2) is 28.1 Å². The smallest absolute Gasteiger partial charge is 0.550 e. The molecule has 7 heteroatoms. The maximum atomic E-state index is 10.2. The van der Waals surface area contributed by atoms with Crippen LogP contribution in [0.3, 0.4) is 0 Å². The van der Waals surface area contributed by atoms with Crippen molar-refractivity contribution in [1.82, 2.24) is 0 Å². The monoisotopic (exact) mass is 559 g/mol. The van der Waals surface area contributed by atoms with Crippen molar-refractivity contribution in [2.75, 3.05) is 0 Å². The Morgan fingerprint density at radius 3 is 1.07 bits per heavy atom. The maximum Gasteiger partial charge on any atom is 1.00 e. The molecule has 0 saturated heterocycles. The van der Waals surface area contributed by atoms with Gasteiger partial charge in [0.2, 0.25) is 0 Å². The van der Waals surface area contributed by atoms with Crippen LogP contribution >= 0.6 is 0 Å². The van der Waals surface area contributed by atoms with Gasteiger partial charge in [0.25, 0.3) is 0 Å². The van der Waals surface area contributed by atoms with Crippen molar-refractivity contribution in [3.05, 3.63) is 0 Å². The zero-order valence-corrected chi connectivity index (χ0v) is 20.4. The summed E-state index contributed by atoms with van der Waals surface area (Å²) in [5, 5.41) is 26.0. The predicted octanol–water partition coefficient (Wildman–Crippen LogP) is 4.93. The fraction of sp³-hybridized carbons (Fsp3) is 0.864. The maximum absolute atomic E-state index is 10.2. The Morgan fingerprint density at radius 1 is 0.552 bits per heavy atom. The number of aliphatic carboxylic acids is 3. The molecule has 2 N–H and O–H groups in total. The van der Waals surface area contributed by atoms with Gasteiger partial charge in [-0.2, -0.15) is 0 Å². The molecule has 0 spiro atoms. The normalized spacial score (nSPS) is 9.83. The van der Waals surface area contributed by atoms with E-state index >= 15 is 0 Å². The van der Waals surface area contributed by atoms with Crippen LogP contribution < -0.4 is 5.11 Å². The van der Waals surface area contributed by atoms with E-state index in [1.165, 1.54) is 83.5 Å². The van der Waals surface area contributed by atoms with Gasteiger partial charge in [-0.3, -0.25) is 9.59 Å². The first-order chi connectivity index (χ1) is 13.4. The average Bonchev–Trinajstić information content (AvgIpc) is 2.63. The van der Waals surface area contributed by atoms with Crippen LogP contribution in [0.1, 0.15) is 122 Å². The van der Waals surface area contributed by atoms with Gasteiger partial charge in [0.15, 0.2) is 0 Å². The molecule has 0 rings (SSSR count). The molecule has 0 aromatic carbocycles. The van der Waals surface area contributed by atoms with Crippen LogP contribution in [0.2, 0.25) is 0 Å². The minimum absolute atomic E-state index is 0. The average molecular weight is 559 g/mol. The summed E-state index contributed by atoms with van der Waals surface area (Å²) >= 11 is 0. The summed E-state index contributed by atoms with van der Waals surface area (Å²) in [6.07, 6.45) is 19.3. The molecule has 0 unspecified atom stereocenters. The number of rotatable bonds is 19. The molecule has 173 valence electrons. The molecular weight excluding hydrogens is 517 g/mol. The van der Waals surface area contributed by atoms with Gasteiger partial charge < -0.3 is 20.1 Å². The molecule has 0 amide bonds. The molecule has 0 aliphatic carbocycles. The van der Waals surface area contributed by atoms with E-state index in [1.807, 2.05) is 0 Å². The molecule has 0 fully saturated rings. The quantitative estimate of drug-likeness (QED) is 0.217. The summed E-state index contributed by atoms with van der Waals surface area (Å²) in [7, 11) is 0. The van der Waals surface area contributed by atoms with Crippen LogP contribution in [0.5, 0.6) is 0 Å². The molecule has 1 radical (unpaired) electrons. The summed E-state index contributed by atoms with van der Waals surface area (Å²) in [6, 6.07) is 0. The van der Waals surface area contributed by atoms with E-state index in [0.717, 1.165) is 12.8 Å². The fourth-order valence-electron chi connectivity index (χ4n) is 2.85. The summed E-state index contributed by atoms with van der Waals surface area (Å²) in [5.74, 6) is -3.06. The van der Waals surface area contributed by atoms with Crippen molar-refractivity contribution >= 4 is 17.9 Å². The van der Waals surface area contributed by atoms with Gasteiger partial charge in [-0.25, -0.2) is 0 Å². The van der Waals surface area contributed by atoms with Crippen molar-refractivity contribution in [2.45, 2.75) is 122 Å². The van der Waals surface area contributed by atoms with Gasteiger partial charge in [0.1, 0.15) is 0 Å². The second-order valence-corrected chi connectivity index (χ2v) is 7.36. The topological polar surface area (TPSA) is 115 Å². The van der Waals surface area contributed by atoms with Crippen LogP contribution in [0.4, 0.5) is 0 Å². The Labute approximate surface area is 208 Å². The second kappa shape index (κ2) is 27.7. The van der Waals surface area contributed by atoms with Gasteiger partial charge in [0.05, 0.1) is 12.8 Å². The molecule has 0 atom stereocenters. The number of carbonyl (C=O) groups is 3. The molecule has 29 heavy (non-hydrogen) atoms. The number of unbranched alkanes of at least 4 members (excludes halogenated alkanes) is 14. The van der Waals surface area contributed by atoms with E-state index in [9.17, 15) is 19.5 Å². The molecule has 0 heterocycles. The third-order valence-electron chi connectivity index (χ3n) is 4.54. The zero-order valence-electron chi connectivity index (χ0n) is 18.1. The van der Waals surface area contributed by atoms with Crippen molar-refractivity contribution in [2.24, 2.45) is 0 Å². The van der Waals surface area contributed by atoms with Crippen molar-refractivity contribution in [3.63, 3.8) is 0 Å². The molecule has 0 aromatic heterocycles. The van der Waals surface area contributed by atoms with Crippen LogP contribution in [0.25, 0.3) is 0 Å². The number of hydrogen-bond acceptors (Lipinski definition) is 4. The largest absolute Gasteiger partial charge is 1.00 e. The third-order valence-corrected chi connectivity index (χ3v) is 4.54. The van der Waals surface area contributed by atoms with Gasteiger partial charge in [0, 0.05) is 5.97 Å². The molecule has 0 aliphatic heterocycles.